The summed E-state index contributed by atoms with van der Waals surface area (Å²) in [4.78, 5) is 21.1. The summed E-state index contributed by atoms with van der Waals surface area (Å²) in [7, 11) is 0. The molecule has 8 heteroatoms. The number of nitrogens with zero attached hydrogens (tertiary/aromatic N) is 3. The first kappa shape index (κ1) is 20.0. The Bertz CT molecular complexity index is 490. The van der Waals surface area contributed by atoms with E-state index in [1.165, 1.54) is 0 Å². The summed E-state index contributed by atoms with van der Waals surface area (Å²) in [6, 6.07) is 5.89. The smallest absolute Gasteiger partial charge is 0.242 e. The molecule has 0 aliphatic carbocycles. The fourth-order valence-corrected chi connectivity index (χ4v) is 2.94. The predicted molar refractivity (Wildman–Crippen MR) is 94.5 cm³/mol. The van der Waals surface area contributed by atoms with Gasteiger partial charge in [-0.1, -0.05) is 6.07 Å². The minimum absolute atomic E-state index is 0. The summed E-state index contributed by atoms with van der Waals surface area (Å²) in [5.41, 5.74) is 5.55. The molecular weight excluding hydrogens is 339 g/mol. The zero-order chi connectivity index (χ0) is 14.7. The molecule has 1 amide bonds. The number of carbonyl (C=O) groups is 1. The largest absolute Gasteiger partial charge is 0.381 e. The first-order chi connectivity index (χ1) is 10.2. The molecule has 0 unspecified atom stereocenters. The molecule has 0 atom stereocenters. The number of carbonyl (C=O) groups excluding carboxylic acids is 1. The average Bonchev–Trinajstić information content (AvgIpc) is 2.56. The molecule has 0 saturated carbocycles. The first-order valence-electron chi connectivity index (χ1n) is 7.51. The van der Waals surface area contributed by atoms with Crippen LogP contribution in [0.4, 0.5) is 5.82 Å². The summed E-state index contributed by atoms with van der Waals surface area (Å²) >= 11 is 0. The molecular formula is C15H24Cl2N4O2. The molecule has 2 aliphatic heterocycles. The van der Waals surface area contributed by atoms with Crippen LogP contribution >= 0.6 is 24.8 Å². The Balaban J connectivity index is 0.00000132. The number of anilines is 1. The van der Waals surface area contributed by atoms with Gasteiger partial charge in [0.05, 0.1) is 5.54 Å². The van der Waals surface area contributed by atoms with E-state index in [0.29, 0.717) is 39.1 Å². The van der Waals surface area contributed by atoms with Gasteiger partial charge in [-0.25, -0.2) is 4.98 Å². The molecule has 3 heterocycles. The third kappa shape index (κ3) is 4.47. The number of hydrogen-bond donors (Lipinski definition) is 1. The maximum Gasteiger partial charge on any atom is 0.242 e. The molecule has 2 saturated heterocycles. The highest BCUT2D eigenvalue weighted by Gasteiger charge is 2.39. The van der Waals surface area contributed by atoms with Gasteiger partial charge in [-0.15, -0.1) is 24.8 Å². The standard InChI is InChI=1S/C15H22N4O2.2ClH/c16-15(4-11-21-12-5-15)14(20)19-9-7-18(8-10-19)13-3-1-2-6-17-13;;/h1-3,6H,4-5,7-12,16H2;2*1H. The van der Waals surface area contributed by atoms with Gasteiger partial charge in [-0.2, -0.15) is 0 Å². The molecule has 1 aromatic heterocycles. The monoisotopic (exact) mass is 362 g/mol. The Kier molecular flexibility index (Phi) is 7.54. The zero-order valence-corrected chi connectivity index (χ0v) is 14.7. The lowest BCUT2D eigenvalue weighted by Crippen LogP contribution is -2.61. The van der Waals surface area contributed by atoms with E-state index in [2.05, 4.69) is 9.88 Å². The van der Waals surface area contributed by atoms with E-state index in [4.69, 9.17) is 10.5 Å². The van der Waals surface area contributed by atoms with E-state index < -0.39 is 5.54 Å². The summed E-state index contributed by atoms with van der Waals surface area (Å²) in [5.74, 6) is 1.05. The Morgan fingerprint density at radius 1 is 1.13 bits per heavy atom. The average molecular weight is 363 g/mol. The minimum atomic E-state index is -0.731. The molecule has 0 spiro atoms. The number of hydrogen-bond acceptors (Lipinski definition) is 5. The van der Waals surface area contributed by atoms with E-state index in [-0.39, 0.29) is 30.7 Å². The van der Waals surface area contributed by atoms with Crippen molar-refractivity contribution in [2.45, 2.75) is 18.4 Å². The van der Waals surface area contributed by atoms with Crippen molar-refractivity contribution in [3.05, 3.63) is 24.4 Å². The van der Waals surface area contributed by atoms with Crippen LogP contribution in [-0.2, 0) is 9.53 Å². The SMILES string of the molecule is Cl.Cl.NC1(C(=O)N2CCN(c3ccccn3)CC2)CCOCC1. The number of pyridine rings is 1. The Morgan fingerprint density at radius 2 is 1.78 bits per heavy atom. The third-order valence-electron chi connectivity index (χ3n) is 4.35. The predicted octanol–water partition coefficient (Wildman–Crippen LogP) is 1.08. The lowest BCUT2D eigenvalue weighted by Gasteiger charge is -2.41. The van der Waals surface area contributed by atoms with E-state index in [1.54, 1.807) is 6.20 Å². The number of amides is 1. The third-order valence-corrected chi connectivity index (χ3v) is 4.35. The van der Waals surface area contributed by atoms with Crippen LogP contribution in [0.2, 0.25) is 0 Å². The van der Waals surface area contributed by atoms with Crippen molar-refractivity contribution < 1.29 is 9.53 Å². The lowest BCUT2D eigenvalue weighted by atomic mass is 9.89. The van der Waals surface area contributed by atoms with Gasteiger partial charge in [0.15, 0.2) is 0 Å². The fourth-order valence-electron chi connectivity index (χ4n) is 2.94. The number of piperazine rings is 1. The van der Waals surface area contributed by atoms with E-state index in [0.717, 1.165) is 18.9 Å². The Hall–Kier alpha value is -1.08. The molecule has 2 N–H and O–H groups in total. The van der Waals surface area contributed by atoms with Gasteiger partial charge in [0.25, 0.3) is 0 Å². The molecule has 1 aromatic rings. The van der Waals surface area contributed by atoms with Crippen LogP contribution in [0.5, 0.6) is 0 Å². The fraction of sp³-hybridized carbons (Fsp3) is 0.600. The van der Waals surface area contributed by atoms with Crippen LogP contribution in [0.3, 0.4) is 0 Å². The Morgan fingerprint density at radius 3 is 2.35 bits per heavy atom. The molecule has 6 nitrogen and oxygen atoms in total. The van der Waals surface area contributed by atoms with Gasteiger partial charge in [-0.3, -0.25) is 4.79 Å². The topological polar surface area (TPSA) is 71.7 Å². The van der Waals surface area contributed by atoms with E-state index in [9.17, 15) is 4.79 Å². The van der Waals surface area contributed by atoms with E-state index >= 15 is 0 Å². The van der Waals surface area contributed by atoms with Crippen molar-refractivity contribution in [2.75, 3.05) is 44.3 Å². The van der Waals surface area contributed by atoms with Crippen LogP contribution in [0, 0.1) is 0 Å². The van der Waals surface area contributed by atoms with Crippen molar-refractivity contribution in [3.63, 3.8) is 0 Å². The van der Waals surface area contributed by atoms with Crippen molar-refractivity contribution in [3.8, 4) is 0 Å². The molecule has 0 bridgehead atoms. The van der Waals surface area contributed by atoms with Crippen molar-refractivity contribution in [1.29, 1.82) is 0 Å². The van der Waals surface area contributed by atoms with Crippen LogP contribution in [0.1, 0.15) is 12.8 Å². The highest BCUT2D eigenvalue weighted by atomic mass is 35.5. The number of halogens is 2. The number of nitrogens with two attached hydrogens (primary N) is 1. The van der Waals surface area contributed by atoms with Crippen molar-refractivity contribution in [1.82, 2.24) is 9.88 Å². The van der Waals surface area contributed by atoms with Gasteiger partial charge in [0.1, 0.15) is 5.82 Å². The molecule has 0 radical (unpaired) electrons. The van der Waals surface area contributed by atoms with Crippen LogP contribution in [0.15, 0.2) is 24.4 Å². The highest BCUT2D eigenvalue weighted by Crippen LogP contribution is 2.22. The number of ether oxygens (including phenoxy) is 1. The van der Waals surface area contributed by atoms with Crippen LogP contribution in [0.25, 0.3) is 0 Å². The number of aromatic nitrogens is 1. The quantitative estimate of drug-likeness (QED) is 0.852. The van der Waals surface area contributed by atoms with Gasteiger partial charge >= 0.3 is 0 Å². The normalized spacial score (nSPS) is 20.2. The molecule has 3 rings (SSSR count). The second-order valence-corrected chi connectivity index (χ2v) is 5.74. The molecule has 2 fully saturated rings. The van der Waals surface area contributed by atoms with Crippen LogP contribution in [-0.4, -0.2) is 60.7 Å². The van der Waals surface area contributed by atoms with Gasteiger partial charge in [-0.05, 0) is 25.0 Å². The highest BCUT2D eigenvalue weighted by molar-refractivity contribution is 5.86. The molecule has 0 aromatic carbocycles. The zero-order valence-electron chi connectivity index (χ0n) is 13.0. The second-order valence-electron chi connectivity index (χ2n) is 5.74. The second kappa shape index (κ2) is 8.68. The van der Waals surface area contributed by atoms with Crippen molar-refractivity contribution in [2.24, 2.45) is 5.73 Å². The lowest BCUT2D eigenvalue weighted by molar-refractivity contribution is -0.140. The first-order valence-corrected chi connectivity index (χ1v) is 7.51. The van der Waals surface area contributed by atoms with Crippen LogP contribution < -0.4 is 10.6 Å². The van der Waals surface area contributed by atoms with Crippen molar-refractivity contribution >= 4 is 36.5 Å². The summed E-state index contributed by atoms with van der Waals surface area (Å²) < 4.78 is 5.31. The van der Waals surface area contributed by atoms with Gasteiger partial charge in [0, 0.05) is 45.6 Å². The maximum atomic E-state index is 12.6. The van der Waals surface area contributed by atoms with E-state index in [1.807, 2.05) is 23.1 Å². The Labute approximate surface area is 149 Å². The molecule has 2 aliphatic rings. The maximum absolute atomic E-state index is 12.6. The summed E-state index contributed by atoms with van der Waals surface area (Å²) in [6.45, 7) is 4.17. The van der Waals surface area contributed by atoms with Gasteiger partial charge in [0.2, 0.25) is 5.91 Å². The molecule has 23 heavy (non-hydrogen) atoms. The number of rotatable bonds is 2. The molecule has 130 valence electrons. The summed E-state index contributed by atoms with van der Waals surface area (Å²) in [6.07, 6.45) is 3.03. The minimum Gasteiger partial charge on any atom is -0.381 e. The summed E-state index contributed by atoms with van der Waals surface area (Å²) in [5, 5.41) is 0. The van der Waals surface area contributed by atoms with Gasteiger partial charge < -0.3 is 20.3 Å².